The number of hydrogen-bond donors (Lipinski definition) is 2. The number of carbonyl (C=O) groups excluding carboxylic acids is 1. The number of nitrogens with zero attached hydrogens (tertiary/aromatic N) is 2. The first-order valence-corrected chi connectivity index (χ1v) is 6.77. The quantitative estimate of drug-likeness (QED) is 0.858. The number of pyridine rings is 1. The van der Waals surface area contributed by atoms with Crippen LogP contribution in [0.5, 0.6) is 0 Å². The zero-order valence-corrected chi connectivity index (χ0v) is 11.3. The molecule has 0 radical (unpaired) electrons. The molecule has 5 nitrogen and oxygen atoms in total. The third kappa shape index (κ3) is 3.92. The van der Waals surface area contributed by atoms with Crippen LogP contribution in [0.2, 0.25) is 0 Å². The first-order valence-electron chi connectivity index (χ1n) is 6.77. The lowest BCUT2D eigenvalue weighted by Crippen LogP contribution is -2.47. The first-order chi connectivity index (χ1) is 9.16. The average Bonchev–Trinajstić information content (AvgIpc) is 2.41. The van der Waals surface area contributed by atoms with Gasteiger partial charge in [-0.15, -0.1) is 0 Å². The molecule has 0 saturated carbocycles. The monoisotopic (exact) mass is 263 g/mol. The summed E-state index contributed by atoms with van der Waals surface area (Å²) in [6.45, 7) is 3.80. The fraction of sp³-hybridized carbons (Fsp3) is 0.571. The van der Waals surface area contributed by atoms with Crippen LogP contribution >= 0.6 is 0 Å². The van der Waals surface area contributed by atoms with E-state index in [9.17, 15) is 9.90 Å². The fourth-order valence-electron chi connectivity index (χ4n) is 2.34. The Morgan fingerprint density at radius 2 is 2.47 bits per heavy atom. The number of piperidine rings is 1. The first kappa shape index (κ1) is 13.8. The number of rotatable bonds is 3. The van der Waals surface area contributed by atoms with Gasteiger partial charge in [0.2, 0.25) is 0 Å². The Labute approximate surface area is 113 Å². The second-order valence-electron chi connectivity index (χ2n) is 5.03. The summed E-state index contributed by atoms with van der Waals surface area (Å²) in [7, 11) is 0. The lowest BCUT2D eigenvalue weighted by atomic mass is 10.1. The Balaban J connectivity index is 1.76. The average molecular weight is 263 g/mol. The zero-order valence-electron chi connectivity index (χ0n) is 11.3. The van der Waals surface area contributed by atoms with Crippen LogP contribution < -0.4 is 5.32 Å². The maximum Gasteiger partial charge on any atom is 0.317 e. The highest BCUT2D eigenvalue weighted by Gasteiger charge is 2.21. The molecule has 1 aliphatic heterocycles. The van der Waals surface area contributed by atoms with Crippen molar-refractivity contribution in [3.63, 3.8) is 0 Å². The van der Waals surface area contributed by atoms with E-state index >= 15 is 0 Å². The second kappa shape index (κ2) is 6.52. The maximum atomic E-state index is 11.9. The third-order valence-electron chi connectivity index (χ3n) is 3.49. The number of hydrogen-bond acceptors (Lipinski definition) is 3. The summed E-state index contributed by atoms with van der Waals surface area (Å²) >= 11 is 0. The molecule has 1 saturated heterocycles. The van der Waals surface area contributed by atoms with E-state index in [0.29, 0.717) is 13.1 Å². The van der Waals surface area contributed by atoms with Gasteiger partial charge in [-0.2, -0.15) is 0 Å². The zero-order chi connectivity index (χ0) is 13.7. The van der Waals surface area contributed by atoms with Gasteiger partial charge in [-0.3, -0.25) is 4.98 Å². The van der Waals surface area contributed by atoms with Gasteiger partial charge in [0, 0.05) is 32.0 Å². The molecule has 2 rings (SSSR count). The van der Waals surface area contributed by atoms with Crippen LogP contribution in [0.4, 0.5) is 4.79 Å². The van der Waals surface area contributed by atoms with Gasteiger partial charge in [0.15, 0.2) is 0 Å². The van der Waals surface area contributed by atoms with Crippen molar-refractivity contribution in [2.45, 2.75) is 32.3 Å². The van der Waals surface area contributed by atoms with E-state index in [1.165, 1.54) is 5.56 Å². The minimum Gasteiger partial charge on any atom is -0.391 e. The van der Waals surface area contributed by atoms with Crippen molar-refractivity contribution < 1.29 is 9.90 Å². The minimum atomic E-state index is -0.373. The fourth-order valence-corrected chi connectivity index (χ4v) is 2.34. The summed E-state index contributed by atoms with van der Waals surface area (Å²) in [5.74, 6) is 0. The lowest BCUT2D eigenvalue weighted by molar-refractivity contribution is 0.0843. The van der Waals surface area contributed by atoms with Gasteiger partial charge in [0.05, 0.1) is 6.10 Å². The number of aromatic nitrogens is 1. The van der Waals surface area contributed by atoms with E-state index in [0.717, 1.165) is 31.4 Å². The number of urea groups is 1. The van der Waals surface area contributed by atoms with Crippen molar-refractivity contribution in [3.8, 4) is 0 Å². The number of β-amino-alcohol motifs (C(OH)–C–C–N with tert-alkyl or cyclic N) is 1. The van der Waals surface area contributed by atoms with Crippen molar-refractivity contribution in [2.75, 3.05) is 19.6 Å². The molecule has 5 heteroatoms. The normalized spacial score (nSPS) is 19.3. The summed E-state index contributed by atoms with van der Waals surface area (Å²) in [4.78, 5) is 17.6. The Morgan fingerprint density at radius 3 is 3.21 bits per heavy atom. The van der Waals surface area contributed by atoms with Gasteiger partial charge in [-0.05, 0) is 43.4 Å². The van der Waals surface area contributed by atoms with Crippen molar-refractivity contribution in [1.29, 1.82) is 0 Å². The van der Waals surface area contributed by atoms with E-state index in [1.807, 2.05) is 19.2 Å². The highest BCUT2D eigenvalue weighted by Crippen LogP contribution is 2.10. The van der Waals surface area contributed by atoms with Gasteiger partial charge < -0.3 is 15.3 Å². The van der Waals surface area contributed by atoms with Gasteiger partial charge in [0.25, 0.3) is 0 Å². The molecule has 1 aliphatic rings. The molecule has 2 heterocycles. The van der Waals surface area contributed by atoms with Crippen LogP contribution in [0.15, 0.2) is 18.5 Å². The molecule has 1 unspecified atom stereocenters. The molecule has 2 N–H and O–H groups in total. The highest BCUT2D eigenvalue weighted by molar-refractivity contribution is 5.74. The van der Waals surface area contributed by atoms with Crippen molar-refractivity contribution in [1.82, 2.24) is 15.2 Å². The highest BCUT2D eigenvalue weighted by atomic mass is 16.3. The minimum absolute atomic E-state index is 0.0783. The van der Waals surface area contributed by atoms with Crippen LogP contribution in [-0.4, -0.2) is 46.8 Å². The smallest absolute Gasteiger partial charge is 0.317 e. The molecule has 0 aromatic carbocycles. The van der Waals surface area contributed by atoms with Crippen molar-refractivity contribution >= 4 is 6.03 Å². The Morgan fingerprint density at radius 1 is 1.63 bits per heavy atom. The molecule has 1 atom stereocenters. The number of nitrogens with one attached hydrogen (secondary N) is 1. The van der Waals surface area contributed by atoms with Crippen LogP contribution in [-0.2, 0) is 6.42 Å². The molecular formula is C14H21N3O2. The van der Waals surface area contributed by atoms with Crippen LogP contribution in [0.1, 0.15) is 24.0 Å². The molecule has 2 amide bonds. The van der Waals surface area contributed by atoms with Gasteiger partial charge in [-0.25, -0.2) is 4.79 Å². The Kier molecular flexibility index (Phi) is 4.74. The van der Waals surface area contributed by atoms with E-state index in [2.05, 4.69) is 10.3 Å². The summed E-state index contributed by atoms with van der Waals surface area (Å²) in [6.07, 6.45) is 5.69. The SMILES string of the molecule is Cc1cnccc1CCNC(=O)N1CCCC(O)C1. The summed E-state index contributed by atoms with van der Waals surface area (Å²) < 4.78 is 0. The molecule has 19 heavy (non-hydrogen) atoms. The number of likely N-dealkylation sites (tertiary alicyclic amines) is 1. The summed E-state index contributed by atoms with van der Waals surface area (Å²) in [5, 5.41) is 12.4. The maximum absolute atomic E-state index is 11.9. The van der Waals surface area contributed by atoms with Crippen LogP contribution in [0.25, 0.3) is 0 Å². The molecule has 1 aromatic heterocycles. The molecule has 1 fully saturated rings. The van der Waals surface area contributed by atoms with E-state index < -0.39 is 0 Å². The van der Waals surface area contributed by atoms with Gasteiger partial charge in [0.1, 0.15) is 0 Å². The number of aliphatic hydroxyl groups excluding tert-OH is 1. The molecule has 104 valence electrons. The molecule has 0 spiro atoms. The molecule has 0 bridgehead atoms. The van der Waals surface area contributed by atoms with E-state index in [4.69, 9.17) is 0 Å². The van der Waals surface area contributed by atoms with Gasteiger partial charge in [-0.1, -0.05) is 0 Å². The molecule has 1 aromatic rings. The van der Waals surface area contributed by atoms with Crippen molar-refractivity contribution in [3.05, 3.63) is 29.6 Å². The van der Waals surface area contributed by atoms with Crippen molar-refractivity contribution in [2.24, 2.45) is 0 Å². The summed E-state index contributed by atoms with van der Waals surface area (Å²) in [6, 6.07) is 1.90. The van der Waals surface area contributed by atoms with Crippen LogP contribution in [0.3, 0.4) is 0 Å². The number of amides is 2. The predicted molar refractivity (Wildman–Crippen MR) is 72.9 cm³/mol. The summed E-state index contributed by atoms with van der Waals surface area (Å²) in [5.41, 5.74) is 2.35. The number of aliphatic hydroxyl groups is 1. The van der Waals surface area contributed by atoms with E-state index in [1.54, 1.807) is 11.1 Å². The van der Waals surface area contributed by atoms with E-state index in [-0.39, 0.29) is 12.1 Å². The largest absolute Gasteiger partial charge is 0.391 e. The molecule has 0 aliphatic carbocycles. The third-order valence-corrected chi connectivity index (χ3v) is 3.49. The Hall–Kier alpha value is -1.62. The van der Waals surface area contributed by atoms with Gasteiger partial charge >= 0.3 is 6.03 Å². The second-order valence-corrected chi connectivity index (χ2v) is 5.03. The lowest BCUT2D eigenvalue weighted by Gasteiger charge is -2.30. The number of aryl methyl sites for hydroxylation is 1. The standard InChI is InChI=1S/C14H21N3O2/c1-11-9-15-6-4-12(11)5-7-16-14(19)17-8-2-3-13(18)10-17/h4,6,9,13,18H,2-3,5,7-8,10H2,1H3,(H,16,19). The number of carbonyl (C=O) groups is 1. The predicted octanol–water partition coefficient (Wildman–Crippen LogP) is 1.10. The topological polar surface area (TPSA) is 65.5 Å². The molecular weight excluding hydrogens is 242 g/mol. The van der Waals surface area contributed by atoms with Crippen LogP contribution in [0, 0.1) is 6.92 Å². The Bertz CT molecular complexity index is 436.